The fourth-order valence-corrected chi connectivity index (χ4v) is 9.67. The summed E-state index contributed by atoms with van der Waals surface area (Å²) in [5.41, 5.74) is -0.791. The van der Waals surface area contributed by atoms with E-state index in [0.29, 0.717) is 135 Å². The van der Waals surface area contributed by atoms with Crippen molar-refractivity contribution in [3.63, 3.8) is 0 Å². The van der Waals surface area contributed by atoms with Crippen LogP contribution in [0.25, 0.3) is 0 Å². The van der Waals surface area contributed by atoms with Gasteiger partial charge in [0.25, 0.3) is 11.8 Å². The van der Waals surface area contributed by atoms with Gasteiger partial charge in [-0.25, -0.2) is 24.0 Å². The number of fused-ring (bicyclic) bond motifs is 1. The van der Waals surface area contributed by atoms with E-state index in [-0.39, 0.29) is 38.1 Å². The monoisotopic (exact) mass is 1160 g/mol. The molecule has 0 saturated carbocycles. The van der Waals surface area contributed by atoms with E-state index in [1.807, 2.05) is 109 Å². The summed E-state index contributed by atoms with van der Waals surface area (Å²) in [4.78, 5) is 112. The summed E-state index contributed by atoms with van der Waals surface area (Å²) in [7, 11) is 0. The highest BCUT2D eigenvalue weighted by Crippen LogP contribution is 2.24. The number of benzene rings is 2. The molecule has 0 unspecified atom stereocenters. The number of hydrogen-bond donors (Lipinski definition) is 0. The molecule has 2 saturated heterocycles. The van der Waals surface area contributed by atoms with Crippen LogP contribution in [-0.2, 0) is 36.8 Å². The molecule has 0 atom stereocenters. The largest absolute Gasteiger partial charge is 0.444 e. The summed E-state index contributed by atoms with van der Waals surface area (Å²) in [5.74, 6) is -0.699. The fraction of sp³-hybridized carbons (Fsp3) is 0.694. The van der Waals surface area contributed by atoms with Gasteiger partial charge in [0.2, 0.25) is 0 Å². The first-order chi connectivity index (χ1) is 38.6. The Morgan fingerprint density at radius 3 is 0.867 bits per heavy atom. The van der Waals surface area contributed by atoms with Gasteiger partial charge in [0.1, 0.15) is 28.0 Å². The van der Waals surface area contributed by atoms with E-state index in [2.05, 4.69) is 34.1 Å². The van der Waals surface area contributed by atoms with Crippen molar-refractivity contribution in [3.05, 3.63) is 70.8 Å². The first kappa shape index (κ1) is 67.6. The van der Waals surface area contributed by atoms with Gasteiger partial charge in [-0.15, -0.1) is 0 Å². The Morgan fingerprint density at radius 1 is 0.337 bits per heavy atom. The lowest BCUT2D eigenvalue weighted by atomic mass is 10.1. The molecule has 83 heavy (non-hydrogen) atoms. The molecule has 3 aliphatic heterocycles. The lowest BCUT2D eigenvalue weighted by Gasteiger charge is -2.34. The van der Waals surface area contributed by atoms with Crippen LogP contribution in [0.3, 0.4) is 0 Å². The summed E-state index contributed by atoms with van der Waals surface area (Å²) < 4.78 is 29.3. The summed E-state index contributed by atoms with van der Waals surface area (Å²) >= 11 is 0. The summed E-state index contributed by atoms with van der Waals surface area (Å²) in [6.07, 6.45) is -0.181. The number of carbonyl (C=O) groups is 7. The van der Waals surface area contributed by atoms with Crippen LogP contribution < -0.4 is 0 Å². The maximum atomic E-state index is 13.8. The Bertz CT molecular complexity index is 2460. The molecule has 5 rings (SSSR count). The van der Waals surface area contributed by atoms with E-state index >= 15 is 0 Å². The van der Waals surface area contributed by atoms with Crippen LogP contribution in [0.5, 0.6) is 0 Å². The lowest BCUT2D eigenvalue weighted by molar-refractivity contribution is 0.0101. The van der Waals surface area contributed by atoms with Crippen molar-refractivity contribution < 1.29 is 57.2 Å². The zero-order valence-electron chi connectivity index (χ0n) is 52.8. The molecule has 21 heteroatoms. The normalized spacial score (nSPS) is 18.4. The highest BCUT2D eigenvalue weighted by molar-refractivity contribution is 6.21. The smallest absolute Gasteiger partial charge is 0.410 e. The van der Waals surface area contributed by atoms with E-state index in [1.165, 1.54) is 4.90 Å². The number of ether oxygens (including phenoxy) is 5. The quantitative estimate of drug-likeness (QED) is 0.196. The standard InChI is InChI=1S/C62H99N9O12/c1-58(2,3)79-53(74)66-32-20-34-68(55(76)81-60(7,8)9)41-38-65(46-71-51(72)49-22-16-17-23-50(49)52(71)73)30-18-28-63(36-39-66)44-47-24-26-48(27-25-47)45-64-29-19-31-69(56(77)82-61(10,11)12)42-43-70(57(78)83-62(13,14)15)35-21-33-67(40-37-64)54(75)80-59(4,5)6/h16-17,22-27H,18-21,28-46H2,1-15H3. The molecule has 0 radical (unpaired) electrons. The van der Waals surface area contributed by atoms with Crippen LogP contribution in [0, 0.1) is 0 Å². The Balaban J connectivity index is 1.38. The van der Waals surface area contributed by atoms with Gasteiger partial charge in [-0.2, -0.15) is 0 Å². The minimum atomic E-state index is -0.743. The molecular weight excluding hydrogens is 1060 g/mol. The van der Waals surface area contributed by atoms with Crippen molar-refractivity contribution in [2.24, 2.45) is 0 Å². The van der Waals surface area contributed by atoms with Crippen LogP contribution >= 0.6 is 0 Å². The third kappa shape index (κ3) is 23.8. The number of carbonyl (C=O) groups excluding carboxylic acids is 7. The predicted molar refractivity (Wildman–Crippen MR) is 318 cm³/mol. The van der Waals surface area contributed by atoms with E-state index in [1.54, 1.807) is 48.8 Å². The minimum absolute atomic E-state index is 0.0506. The SMILES string of the molecule is CC(C)(C)OC(=O)N1CCCN(C(=O)OC(C)(C)C)CCN(CN2C(=O)c3ccccc3C2=O)CCCN(Cc2ccc(CN3CCCN(C(=O)OC(C)(C)C)CCN(C(=O)OC(C)(C)C)CCCN(C(=O)OC(C)(C)C)CC3)cc2)CC1. The van der Waals surface area contributed by atoms with Crippen molar-refractivity contribution in [1.82, 2.24) is 44.1 Å². The molecule has 0 aliphatic carbocycles. The van der Waals surface area contributed by atoms with Gasteiger partial charge in [-0.05, 0) is 159 Å². The highest BCUT2D eigenvalue weighted by Gasteiger charge is 2.37. The molecule has 21 nitrogen and oxygen atoms in total. The van der Waals surface area contributed by atoms with E-state index in [4.69, 9.17) is 23.7 Å². The van der Waals surface area contributed by atoms with Crippen LogP contribution in [0.4, 0.5) is 24.0 Å². The Labute approximate surface area is 494 Å². The Morgan fingerprint density at radius 2 is 0.578 bits per heavy atom. The van der Waals surface area contributed by atoms with Crippen LogP contribution in [-0.4, -0.2) is 226 Å². The van der Waals surface area contributed by atoms with Crippen molar-refractivity contribution in [3.8, 4) is 0 Å². The third-order valence-electron chi connectivity index (χ3n) is 13.6. The summed E-state index contributed by atoms with van der Waals surface area (Å²) in [6, 6.07) is 15.3. The van der Waals surface area contributed by atoms with Crippen molar-refractivity contribution in [1.29, 1.82) is 0 Å². The van der Waals surface area contributed by atoms with Crippen LogP contribution in [0.15, 0.2) is 48.5 Å². The maximum absolute atomic E-state index is 13.8. The molecule has 0 N–H and O–H groups in total. The number of imide groups is 1. The average Bonchev–Trinajstić information content (AvgIpc) is 3.81. The van der Waals surface area contributed by atoms with Gasteiger partial charge in [0, 0.05) is 111 Å². The number of amides is 7. The molecule has 0 aromatic heterocycles. The Kier molecular flexibility index (Phi) is 24.1. The van der Waals surface area contributed by atoms with E-state index in [0.717, 1.165) is 11.1 Å². The summed E-state index contributed by atoms with van der Waals surface area (Å²) in [5, 5.41) is 0. The molecule has 464 valence electrons. The molecule has 0 bridgehead atoms. The molecule has 2 fully saturated rings. The zero-order chi connectivity index (χ0) is 61.5. The first-order valence-electron chi connectivity index (χ1n) is 29.7. The van der Waals surface area contributed by atoms with E-state index in [9.17, 15) is 33.6 Å². The third-order valence-corrected chi connectivity index (χ3v) is 13.6. The van der Waals surface area contributed by atoms with Gasteiger partial charge >= 0.3 is 30.5 Å². The number of rotatable bonds is 6. The predicted octanol–water partition coefficient (Wildman–Crippen LogP) is 9.62. The zero-order valence-corrected chi connectivity index (χ0v) is 52.8. The molecule has 7 amide bonds. The second-order valence-corrected chi connectivity index (χ2v) is 27.0. The number of nitrogens with zero attached hydrogens (tertiary/aromatic N) is 9. The molecule has 2 aromatic carbocycles. The van der Waals surface area contributed by atoms with Gasteiger partial charge in [0.05, 0.1) is 17.8 Å². The average molecular weight is 1160 g/mol. The van der Waals surface area contributed by atoms with E-state index < -0.39 is 58.5 Å². The van der Waals surface area contributed by atoms with Gasteiger partial charge in [-0.3, -0.25) is 29.2 Å². The molecule has 3 heterocycles. The van der Waals surface area contributed by atoms with Crippen molar-refractivity contribution in [2.75, 3.05) is 111 Å². The van der Waals surface area contributed by atoms with Gasteiger partial charge < -0.3 is 48.2 Å². The van der Waals surface area contributed by atoms with Gasteiger partial charge in [-0.1, -0.05) is 36.4 Å². The molecule has 3 aliphatic rings. The second-order valence-electron chi connectivity index (χ2n) is 27.0. The second kappa shape index (κ2) is 29.6. The highest BCUT2D eigenvalue weighted by atomic mass is 16.6. The summed E-state index contributed by atoms with van der Waals surface area (Å²) in [6.45, 7) is 34.7. The maximum Gasteiger partial charge on any atom is 0.410 e. The molecule has 0 spiro atoms. The number of hydrogen-bond acceptors (Lipinski definition) is 15. The topological polar surface area (TPSA) is 195 Å². The minimum Gasteiger partial charge on any atom is -0.444 e. The fourth-order valence-electron chi connectivity index (χ4n) is 9.67. The van der Waals surface area contributed by atoms with Gasteiger partial charge in [0.15, 0.2) is 0 Å². The van der Waals surface area contributed by atoms with Crippen molar-refractivity contribution in [2.45, 2.75) is 171 Å². The lowest BCUT2D eigenvalue weighted by Crippen LogP contribution is -2.48. The van der Waals surface area contributed by atoms with Crippen LogP contribution in [0.1, 0.15) is 161 Å². The molecular formula is C62H99N9O12. The Hall–Kier alpha value is -6.19. The van der Waals surface area contributed by atoms with Crippen molar-refractivity contribution >= 4 is 42.3 Å². The van der Waals surface area contributed by atoms with Crippen LogP contribution in [0.2, 0.25) is 0 Å². The first-order valence-corrected chi connectivity index (χ1v) is 29.7. The molecule has 2 aromatic rings.